The molecular weight excluding hydrogens is 234 g/mol. The fourth-order valence-electron chi connectivity index (χ4n) is 1.80. The zero-order valence-corrected chi connectivity index (χ0v) is 10.6. The molecule has 0 saturated heterocycles. The molecule has 0 spiro atoms. The second-order valence-electron chi connectivity index (χ2n) is 4.21. The quantitative estimate of drug-likeness (QED) is 0.773. The van der Waals surface area contributed by atoms with Crippen molar-refractivity contribution in [1.29, 1.82) is 0 Å². The van der Waals surface area contributed by atoms with Gasteiger partial charge in [0.25, 0.3) is 0 Å². The van der Waals surface area contributed by atoms with Gasteiger partial charge in [-0.3, -0.25) is 0 Å². The van der Waals surface area contributed by atoms with E-state index in [0.717, 1.165) is 11.5 Å². The molecule has 2 aromatic rings. The van der Waals surface area contributed by atoms with Gasteiger partial charge in [0.2, 0.25) is 0 Å². The first-order valence-electron chi connectivity index (χ1n) is 5.67. The summed E-state index contributed by atoms with van der Waals surface area (Å²) in [5.74, 6) is 0.409. The van der Waals surface area contributed by atoms with E-state index in [0.29, 0.717) is 6.54 Å². The zero-order chi connectivity index (χ0) is 13.1. The summed E-state index contributed by atoms with van der Waals surface area (Å²) in [5, 5.41) is 7.87. The van der Waals surface area contributed by atoms with Crippen molar-refractivity contribution >= 4 is 5.97 Å². The Kier molecular flexibility index (Phi) is 3.45. The molecule has 96 valence electrons. The zero-order valence-electron chi connectivity index (χ0n) is 10.6. The highest BCUT2D eigenvalue weighted by atomic mass is 16.5. The standard InChI is InChI=1S/C12H15N3O3/c1-8(2)11-10(12(16)17-3)13-14-15(11)7-9-5-4-6-18-9/h4-6,8H,7H2,1-3H3. The lowest BCUT2D eigenvalue weighted by atomic mass is 10.1. The normalized spacial score (nSPS) is 10.9. The van der Waals surface area contributed by atoms with Crippen LogP contribution in [0.4, 0.5) is 0 Å². The van der Waals surface area contributed by atoms with Gasteiger partial charge in [0.15, 0.2) is 5.69 Å². The molecule has 0 radical (unpaired) electrons. The summed E-state index contributed by atoms with van der Waals surface area (Å²) in [6.07, 6.45) is 1.60. The van der Waals surface area contributed by atoms with Crippen LogP contribution in [0.15, 0.2) is 22.8 Å². The summed E-state index contributed by atoms with van der Waals surface area (Å²) in [5.41, 5.74) is 1.01. The van der Waals surface area contributed by atoms with E-state index < -0.39 is 5.97 Å². The number of furan rings is 1. The number of methoxy groups -OCH3 is 1. The van der Waals surface area contributed by atoms with Gasteiger partial charge in [0.05, 0.1) is 19.1 Å². The number of nitrogens with zero attached hydrogens (tertiary/aromatic N) is 3. The van der Waals surface area contributed by atoms with Gasteiger partial charge in [-0.25, -0.2) is 9.48 Å². The van der Waals surface area contributed by atoms with E-state index in [9.17, 15) is 4.79 Å². The van der Waals surface area contributed by atoms with Crippen molar-refractivity contribution in [1.82, 2.24) is 15.0 Å². The van der Waals surface area contributed by atoms with Crippen LogP contribution in [0.3, 0.4) is 0 Å². The molecule has 0 aromatic carbocycles. The van der Waals surface area contributed by atoms with Gasteiger partial charge in [-0.05, 0) is 18.1 Å². The third-order valence-corrected chi connectivity index (χ3v) is 2.58. The van der Waals surface area contributed by atoms with E-state index in [1.165, 1.54) is 7.11 Å². The van der Waals surface area contributed by atoms with E-state index >= 15 is 0 Å². The summed E-state index contributed by atoms with van der Waals surface area (Å²) in [4.78, 5) is 11.6. The maximum absolute atomic E-state index is 11.6. The Bertz CT molecular complexity index is 529. The molecule has 2 aromatic heterocycles. The Hall–Kier alpha value is -2.11. The van der Waals surface area contributed by atoms with Gasteiger partial charge in [0, 0.05) is 0 Å². The first kappa shape index (κ1) is 12.3. The predicted molar refractivity (Wildman–Crippen MR) is 63.3 cm³/mol. The minimum Gasteiger partial charge on any atom is -0.467 e. The summed E-state index contributed by atoms with van der Waals surface area (Å²) in [6.45, 7) is 4.40. The number of carbonyl (C=O) groups is 1. The fraction of sp³-hybridized carbons (Fsp3) is 0.417. The van der Waals surface area contributed by atoms with Crippen LogP contribution in [0.5, 0.6) is 0 Å². The van der Waals surface area contributed by atoms with Crippen LogP contribution in [0.25, 0.3) is 0 Å². The number of rotatable bonds is 4. The Labute approximate surface area is 105 Å². The van der Waals surface area contributed by atoms with Gasteiger partial charge < -0.3 is 9.15 Å². The topological polar surface area (TPSA) is 70.2 Å². The molecule has 0 saturated carbocycles. The molecule has 0 N–H and O–H groups in total. The van der Waals surface area contributed by atoms with Crippen LogP contribution in [-0.4, -0.2) is 28.1 Å². The van der Waals surface area contributed by atoms with Crippen LogP contribution in [0.2, 0.25) is 0 Å². The summed E-state index contributed by atoms with van der Waals surface area (Å²) >= 11 is 0. The Morgan fingerprint density at radius 1 is 1.56 bits per heavy atom. The van der Waals surface area contributed by atoms with Crippen LogP contribution in [0, 0.1) is 0 Å². The third-order valence-electron chi connectivity index (χ3n) is 2.58. The van der Waals surface area contributed by atoms with Crippen LogP contribution in [-0.2, 0) is 11.3 Å². The molecular formula is C12H15N3O3. The fourth-order valence-corrected chi connectivity index (χ4v) is 1.80. The SMILES string of the molecule is COC(=O)c1nnn(Cc2ccco2)c1C(C)C. The lowest BCUT2D eigenvalue weighted by Crippen LogP contribution is -2.11. The van der Waals surface area contributed by atoms with Crippen molar-refractivity contribution in [3.63, 3.8) is 0 Å². The molecule has 0 amide bonds. The molecule has 6 nitrogen and oxygen atoms in total. The molecule has 0 aliphatic rings. The Balaban J connectivity index is 2.36. The number of aromatic nitrogens is 3. The third kappa shape index (κ3) is 2.27. The molecule has 2 rings (SSSR count). The predicted octanol–water partition coefficient (Wildman–Crippen LogP) is 1.83. The highest BCUT2D eigenvalue weighted by Gasteiger charge is 2.22. The number of esters is 1. The van der Waals surface area contributed by atoms with Gasteiger partial charge in [-0.15, -0.1) is 5.10 Å². The van der Waals surface area contributed by atoms with E-state index in [1.54, 1.807) is 10.9 Å². The van der Waals surface area contributed by atoms with Gasteiger partial charge in [0.1, 0.15) is 12.3 Å². The molecule has 0 atom stereocenters. The molecule has 18 heavy (non-hydrogen) atoms. The minimum atomic E-state index is -0.468. The average molecular weight is 249 g/mol. The van der Waals surface area contributed by atoms with Crippen molar-refractivity contribution in [3.05, 3.63) is 35.5 Å². The van der Waals surface area contributed by atoms with Crippen molar-refractivity contribution in [3.8, 4) is 0 Å². The monoisotopic (exact) mass is 249 g/mol. The molecule has 0 fully saturated rings. The van der Waals surface area contributed by atoms with E-state index in [4.69, 9.17) is 9.15 Å². The van der Waals surface area contributed by atoms with E-state index in [-0.39, 0.29) is 11.6 Å². The number of hydrogen-bond acceptors (Lipinski definition) is 5. The molecule has 0 aliphatic carbocycles. The number of ether oxygens (including phenoxy) is 1. The Morgan fingerprint density at radius 2 is 2.33 bits per heavy atom. The number of hydrogen-bond donors (Lipinski definition) is 0. The Morgan fingerprint density at radius 3 is 2.89 bits per heavy atom. The van der Waals surface area contributed by atoms with Crippen molar-refractivity contribution in [2.24, 2.45) is 0 Å². The first-order chi connectivity index (χ1) is 8.63. The number of carbonyl (C=O) groups excluding carboxylic acids is 1. The molecule has 0 unspecified atom stereocenters. The lowest BCUT2D eigenvalue weighted by molar-refractivity contribution is 0.0592. The van der Waals surface area contributed by atoms with Crippen LogP contribution >= 0.6 is 0 Å². The van der Waals surface area contributed by atoms with E-state index in [1.807, 2.05) is 26.0 Å². The van der Waals surface area contributed by atoms with Gasteiger partial charge in [-0.2, -0.15) is 0 Å². The van der Waals surface area contributed by atoms with Crippen LogP contribution < -0.4 is 0 Å². The molecule has 0 aliphatic heterocycles. The summed E-state index contributed by atoms with van der Waals surface area (Å²) in [6, 6.07) is 3.66. The lowest BCUT2D eigenvalue weighted by Gasteiger charge is -2.09. The first-order valence-corrected chi connectivity index (χ1v) is 5.67. The maximum atomic E-state index is 11.6. The smallest absolute Gasteiger partial charge is 0.360 e. The molecule has 0 bridgehead atoms. The van der Waals surface area contributed by atoms with Gasteiger partial charge in [-0.1, -0.05) is 19.1 Å². The van der Waals surface area contributed by atoms with Crippen LogP contribution in [0.1, 0.15) is 41.7 Å². The van der Waals surface area contributed by atoms with Crippen molar-refractivity contribution in [2.45, 2.75) is 26.3 Å². The van der Waals surface area contributed by atoms with Crippen molar-refractivity contribution < 1.29 is 13.9 Å². The van der Waals surface area contributed by atoms with E-state index in [2.05, 4.69) is 10.3 Å². The minimum absolute atomic E-state index is 0.115. The molecule has 2 heterocycles. The van der Waals surface area contributed by atoms with Crippen molar-refractivity contribution in [2.75, 3.05) is 7.11 Å². The summed E-state index contributed by atoms with van der Waals surface area (Å²) < 4.78 is 11.6. The highest BCUT2D eigenvalue weighted by molar-refractivity contribution is 5.88. The highest BCUT2D eigenvalue weighted by Crippen LogP contribution is 2.19. The second kappa shape index (κ2) is 5.03. The maximum Gasteiger partial charge on any atom is 0.360 e. The summed E-state index contributed by atoms with van der Waals surface area (Å²) in [7, 11) is 1.33. The van der Waals surface area contributed by atoms with Gasteiger partial charge >= 0.3 is 5.97 Å². The molecule has 6 heteroatoms. The average Bonchev–Trinajstić information content (AvgIpc) is 2.97. The second-order valence-corrected chi connectivity index (χ2v) is 4.21. The largest absolute Gasteiger partial charge is 0.467 e.